The van der Waals surface area contributed by atoms with Gasteiger partial charge in [-0.1, -0.05) is 6.07 Å². The summed E-state index contributed by atoms with van der Waals surface area (Å²) < 4.78 is 2.15. The van der Waals surface area contributed by atoms with E-state index in [9.17, 15) is 9.90 Å². The van der Waals surface area contributed by atoms with Crippen LogP contribution in [0.15, 0.2) is 30.5 Å². The minimum atomic E-state index is -0.195. The number of benzene rings is 1. The minimum absolute atomic E-state index is 0.185. The van der Waals surface area contributed by atoms with Crippen LogP contribution in [-0.4, -0.2) is 28.4 Å². The highest BCUT2D eigenvalue weighted by Crippen LogP contribution is 2.24. The smallest absolute Gasteiger partial charge is 0.319 e. The van der Waals surface area contributed by atoms with Gasteiger partial charge in [0.15, 0.2) is 0 Å². The van der Waals surface area contributed by atoms with Gasteiger partial charge in [-0.05, 0) is 55.7 Å². The van der Waals surface area contributed by atoms with Crippen LogP contribution in [0.2, 0.25) is 0 Å². The molecule has 0 unspecified atom stereocenters. The maximum atomic E-state index is 12.0. The zero-order valence-corrected chi connectivity index (χ0v) is 12.9. The van der Waals surface area contributed by atoms with Crippen molar-refractivity contribution in [3.05, 3.63) is 30.5 Å². The first-order valence-corrected chi connectivity index (χ1v) is 7.97. The number of nitrogens with one attached hydrogen (secondary N) is 2. The van der Waals surface area contributed by atoms with Crippen LogP contribution in [0.1, 0.15) is 26.2 Å². The van der Waals surface area contributed by atoms with Gasteiger partial charge < -0.3 is 20.3 Å². The highest BCUT2D eigenvalue weighted by molar-refractivity contribution is 5.92. The summed E-state index contributed by atoms with van der Waals surface area (Å²) in [7, 11) is 0. The molecule has 2 aromatic rings. The first kappa shape index (κ1) is 14.9. The molecule has 2 amide bonds. The third kappa shape index (κ3) is 3.25. The summed E-state index contributed by atoms with van der Waals surface area (Å²) >= 11 is 0. The van der Waals surface area contributed by atoms with Crippen LogP contribution in [-0.2, 0) is 6.54 Å². The summed E-state index contributed by atoms with van der Waals surface area (Å²) in [5.41, 5.74) is 1.92. The molecule has 118 valence electrons. The second kappa shape index (κ2) is 6.40. The molecule has 1 aliphatic carbocycles. The lowest BCUT2D eigenvalue weighted by Gasteiger charge is -2.12. The molecule has 5 heteroatoms. The number of carbonyl (C=O) groups is 1. The van der Waals surface area contributed by atoms with Crippen LogP contribution in [0.3, 0.4) is 0 Å². The molecule has 1 aromatic carbocycles. The van der Waals surface area contributed by atoms with Gasteiger partial charge in [-0.25, -0.2) is 4.79 Å². The maximum Gasteiger partial charge on any atom is 0.319 e. The fourth-order valence-electron chi connectivity index (χ4n) is 3.18. The van der Waals surface area contributed by atoms with Gasteiger partial charge in [0.1, 0.15) is 0 Å². The average Bonchev–Trinajstić information content (AvgIpc) is 3.10. The van der Waals surface area contributed by atoms with E-state index < -0.39 is 0 Å². The summed E-state index contributed by atoms with van der Waals surface area (Å²) in [4.78, 5) is 12.0. The Hall–Kier alpha value is -2.01. The standard InChI is InChI=1S/C17H23N3O2/c1-2-20-8-7-13-4-5-14(10-16(13)20)19-17(22)18-11-12-3-6-15(21)9-12/h4-5,7-8,10,12,15,21H,2-3,6,9,11H2,1H3,(H2,18,19,22)/t12-,15-/m0/s1. The van der Waals surface area contributed by atoms with Gasteiger partial charge in [0.2, 0.25) is 0 Å². The van der Waals surface area contributed by atoms with E-state index in [4.69, 9.17) is 0 Å². The summed E-state index contributed by atoms with van der Waals surface area (Å²) in [6.07, 6.45) is 4.48. The topological polar surface area (TPSA) is 66.3 Å². The Balaban J connectivity index is 1.59. The van der Waals surface area contributed by atoms with Crippen molar-refractivity contribution in [3.63, 3.8) is 0 Å². The van der Waals surface area contributed by atoms with Crippen LogP contribution in [0.4, 0.5) is 10.5 Å². The van der Waals surface area contributed by atoms with Gasteiger partial charge in [-0.2, -0.15) is 0 Å². The van der Waals surface area contributed by atoms with Crippen molar-refractivity contribution in [1.82, 2.24) is 9.88 Å². The molecule has 0 radical (unpaired) electrons. The Morgan fingerprint density at radius 3 is 2.95 bits per heavy atom. The number of fused-ring (bicyclic) bond motifs is 1. The van der Waals surface area contributed by atoms with Crippen molar-refractivity contribution < 1.29 is 9.90 Å². The first-order chi connectivity index (χ1) is 10.7. The van der Waals surface area contributed by atoms with Crippen molar-refractivity contribution in [1.29, 1.82) is 0 Å². The predicted molar refractivity (Wildman–Crippen MR) is 88.0 cm³/mol. The summed E-state index contributed by atoms with van der Waals surface area (Å²) in [5.74, 6) is 0.389. The van der Waals surface area contributed by atoms with Crippen molar-refractivity contribution in [3.8, 4) is 0 Å². The van der Waals surface area contributed by atoms with Crippen LogP contribution < -0.4 is 10.6 Å². The van der Waals surface area contributed by atoms with Crippen molar-refractivity contribution >= 4 is 22.6 Å². The van der Waals surface area contributed by atoms with Crippen LogP contribution >= 0.6 is 0 Å². The van der Waals surface area contributed by atoms with E-state index >= 15 is 0 Å². The molecule has 2 atom stereocenters. The number of nitrogens with zero attached hydrogens (tertiary/aromatic N) is 1. The molecular weight excluding hydrogens is 278 g/mol. The number of anilines is 1. The number of aliphatic hydroxyl groups is 1. The van der Waals surface area contributed by atoms with E-state index in [0.717, 1.165) is 37.0 Å². The van der Waals surface area contributed by atoms with Gasteiger partial charge in [-0.3, -0.25) is 0 Å². The van der Waals surface area contributed by atoms with E-state index in [-0.39, 0.29) is 12.1 Å². The molecule has 1 saturated carbocycles. The van der Waals surface area contributed by atoms with E-state index in [1.165, 1.54) is 5.39 Å². The van der Waals surface area contributed by atoms with E-state index in [0.29, 0.717) is 12.5 Å². The highest BCUT2D eigenvalue weighted by Gasteiger charge is 2.22. The maximum absolute atomic E-state index is 12.0. The molecule has 0 aliphatic heterocycles. The Morgan fingerprint density at radius 1 is 1.36 bits per heavy atom. The number of hydrogen-bond donors (Lipinski definition) is 3. The molecule has 1 heterocycles. The van der Waals surface area contributed by atoms with Crippen LogP contribution in [0.25, 0.3) is 10.9 Å². The van der Waals surface area contributed by atoms with Gasteiger partial charge in [-0.15, -0.1) is 0 Å². The predicted octanol–water partition coefficient (Wildman–Crippen LogP) is 2.94. The van der Waals surface area contributed by atoms with E-state index in [1.807, 2.05) is 18.2 Å². The number of amides is 2. The monoisotopic (exact) mass is 301 g/mol. The van der Waals surface area contributed by atoms with Crippen molar-refractivity contribution in [2.45, 2.75) is 38.8 Å². The van der Waals surface area contributed by atoms with Gasteiger partial charge in [0, 0.05) is 25.0 Å². The quantitative estimate of drug-likeness (QED) is 0.813. The number of hydrogen-bond acceptors (Lipinski definition) is 2. The third-order valence-electron chi connectivity index (χ3n) is 4.44. The van der Waals surface area contributed by atoms with Crippen molar-refractivity contribution in [2.75, 3.05) is 11.9 Å². The van der Waals surface area contributed by atoms with Crippen LogP contribution in [0, 0.1) is 5.92 Å². The molecule has 0 saturated heterocycles. The number of aromatic nitrogens is 1. The summed E-state index contributed by atoms with van der Waals surface area (Å²) in [6.45, 7) is 3.63. The molecule has 5 nitrogen and oxygen atoms in total. The van der Waals surface area contributed by atoms with Gasteiger partial charge in [0.25, 0.3) is 0 Å². The van der Waals surface area contributed by atoms with E-state index in [2.05, 4.69) is 34.4 Å². The SMILES string of the molecule is CCn1ccc2ccc(NC(=O)NC[C@H]3CC[C@H](O)C3)cc21. The zero-order valence-electron chi connectivity index (χ0n) is 12.9. The number of rotatable bonds is 4. The second-order valence-electron chi connectivity index (χ2n) is 6.04. The molecule has 1 fully saturated rings. The minimum Gasteiger partial charge on any atom is -0.393 e. The number of aliphatic hydroxyl groups excluding tert-OH is 1. The first-order valence-electron chi connectivity index (χ1n) is 7.97. The lowest BCUT2D eigenvalue weighted by molar-refractivity contribution is 0.177. The fraction of sp³-hybridized carbons (Fsp3) is 0.471. The molecule has 1 aliphatic rings. The average molecular weight is 301 g/mol. The molecule has 0 spiro atoms. The zero-order chi connectivity index (χ0) is 15.5. The fourth-order valence-corrected chi connectivity index (χ4v) is 3.18. The lowest BCUT2D eigenvalue weighted by Crippen LogP contribution is -2.32. The summed E-state index contributed by atoms with van der Waals surface area (Å²) in [5, 5.41) is 16.5. The largest absolute Gasteiger partial charge is 0.393 e. The Kier molecular flexibility index (Phi) is 4.34. The highest BCUT2D eigenvalue weighted by atomic mass is 16.3. The number of carbonyl (C=O) groups excluding carboxylic acids is 1. The van der Waals surface area contributed by atoms with Crippen molar-refractivity contribution in [2.24, 2.45) is 5.92 Å². The van der Waals surface area contributed by atoms with Gasteiger partial charge in [0.05, 0.1) is 11.6 Å². The lowest BCUT2D eigenvalue weighted by atomic mass is 10.1. The second-order valence-corrected chi connectivity index (χ2v) is 6.04. The normalized spacial score (nSPS) is 21.2. The molecule has 0 bridgehead atoms. The molecule has 3 N–H and O–H groups in total. The van der Waals surface area contributed by atoms with Crippen LogP contribution in [0.5, 0.6) is 0 Å². The Labute approximate surface area is 130 Å². The molecule has 1 aromatic heterocycles. The number of urea groups is 1. The third-order valence-corrected chi connectivity index (χ3v) is 4.44. The van der Waals surface area contributed by atoms with Gasteiger partial charge >= 0.3 is 6.03 Å². The summed E-state index contributed by atoms with van der Waals surface area (Å²) in [6, 6.07) is 7.83. The van der Waals surface area contributed by atoms with E-state index in [1.54, 1.807) is 0 Å². The number of aryl methyl sites for hydroxylation is 1. The molecular formula is C17H23N3O2. The Bertz CT molecular complexity index is 665. The Morgan fingerprint density at radius 2 is 2.23 bits per heavy atom. The molecule has 22 heavy (non-hydrogen) atoms. The molecule has 3 rings (SSSR count).